The molecule has 0 unspecified atom stereocenters. The molecule has 0 atom stereocenters. The Bertz CT molecular complexity index is 361. The van der Waals surface area contributed by atoms with Gasteiger partial charge >= 0.3 is 5.97 Å². The Hall–Kier alpha value is -0.620. The van der Waals surface area contributed by atoms with Crippen LogP contribution >= 0.6 is 0 Å². The largest absolute Gasteiger partial charge is 0.481 e. The van der Waals surface area contributed by atoms with E-state index in [1.54, 1.807) is 13.8 Å². The Labute approximate surface area is 96.5 Å². The van der Waals surface area contributed by atoms with Crippen LogP contribution in [0.25, 0.3) is 0 Å². The molecule has 1 rings (SSSR count). The van der Waals surface area contributed by atoms with Gasteiger partial charge in [0.05, 0.1) is 11.2 Å². The molecule has 94 valence electrons. The molecular weight excluding hydrogens is 230 g/mol. The third kappa shape index (κ3) is 3.18. The number of carboxylic acids is 1. The summed E-state index contributed by atoms with van der Waals surface area (Å²) in [6.07, 6.45) is 1.78. The maximum absolute atomic E-state index is 11.5. The average Bonchev–Trinajstić information content (AvgIpc) is 2.45. The molecule has 1 N–H and O–H groups in total. The number of nitrogens with zero attached hydrogens (tertiary/aromatic N) is 1. The highest BCUT2D eigenvalue weighted by Gasteiger charge is 2.30. The third-order valence-corrected chi connectivity index (χ3v) is 4.95. The fourth-order valence-corrected chi connectivity index (χ4v) is 3.31. The van der Waals surface area contributed by atoms with Crippen molar-refractivity contribution in [3.05, 3.63) is 0 Å². The molecule has 16 heavy (non-hydrogen) atoms. The van der Waals surface area contributed by atoms with Gasteiger partial charge in [0.25, 0.3) is 0 Å². The number of rotatable bonds is 5. The average molecular weight is 249 g/mol. The summed E-state index contributed by atoms with van der Waals surface area (Å²) in [5.74, 6) is -0.605. The van der Waals surface area contributed by atoms with E-state index in [4.69, 9.17) is 5.11 Å². The van der Waals surface area contributed by atoms with E-state index in [1.165, 1.54) is 4.31 Å². The monoisotopic (exact) mass is 249 g/mol. The number of aliphatic carboxylic acids is 1. The molecule has 0 saturated carbocycles. The lowest BCUT2D eigenvalue weighted by atomic mass is 9.88. The van der Waals surface area contributed by atoms with Crippen LogP contribution in [0.15, 0.2) is 0 Å². The zero-order valence-corrected chi connectivity index (χ0v) is 10.6. The fourth-order valence-electron chi connectivity index (χ4n) is 1.75. The maximum atomic E-state index is 11.5. The highest BCUT2D eigenvalue weighted by atomic mass is 32.2. The number of carbonyl (C=O) groups is 1. The van der Waals surface area contributed by atoms with Gasteiger partial charge in [0.15, 0.2) is 0 Å². The normalized spacial score (nSPS) is 21.1. The summed E-state index contributed by atoms with van der Waals surface area (Å²) in [6.45, 7) is 4.34. The third-order valence-electron chi connectivity index (χ3n) is 2.99. The zero-order chi connectivity index (χ0) is 12.4. The second-order valence-corrected chi connectivity index (χ2v) is 6.95. The molecule has 1 heterocycles. The van der Waals surface area contributed by atoms with Crippen molar-refractivity contribution in [1.29, 1.82) is 0 Å². The van der Waals surface area contributed by atoms with Crippen LogP contribution < -0.4 is 0 Å². The van der Waals surface area contributed by atoms with Crippen molar-refractivity contribution in [2.24, 2.45) is 5.41 Å². The van der Waals surface area contributed by atoms with Gasteiger partial charge in [-0.25, -0.2) is 12.7 Å². The van der Waals surface area contributed by atoms with Gasteiger partial charge in [0.2, 0.25) is 10.0 Å². The first kappa shape index (κ1) is 13.4. The Morgan fingerprint density at radius 1 is 1.44 bits per heavy atom. The molecule has 6 heteroatoms. The van der Waals surface area contributed by atoms with E-state index in [2.05, 4.69) is 0 Å². The molecule has 1 saturated heterocycles. The molecule has 0 amide bonds. The van der Waals surface area contributed by atoms with Crippen molar-refractivity contribution in [3.8, 4) is 0 Å². The summed E-state index contributed by atoms with van der Waals surface area (Å²) in [5.41, 5.74) is -0.774. The van der Waals surface area contributed by atoms with E-state index in [9.17, 15) is 13.2 Å². The summed E-state index contributed by atoms with van der Waals surface area (Å²) < 4.78 is 24.4. The minimum Gasteiger partial charge on any atom is -0.481 e. The van der Waals surface area contributed by atoms with Crippen molar-refractivity contribution in [2.75, 3.05) is 18.8 Å². The van der Waals surface area contributed by atoms with Crippen molar-refractivity contribution in [1.82, 2.24) is 4.31 Å². The summed E-state index contributed by atoms with van der Waals surface area (Å²) in [6, 6.07) is 0. The first-order valence-electron chi connectivity index (χ1n) is 5.47. The lowest BCUT2D eigenvalue weighted by molar-refractivity contribution is -0.147. The maximum Gasteiger partial charge on any atom is 0.309 e. The first-order chi connectivity index (χ1) is 7.26. The topological polar surface area (TPSA) is 74.7 Å². The highest BCUT2D eigenvalue weighted by molar-refractivity contribution is 7.89. The molecule has 5 nitrogen and oxygen atoms in total. The first-order valence-corrected chi connectivity index (χ1v) is 7.08. The van der Waals surface area contributed by atoms with E-state index >= 15 is 0 Å². The second-order valence-electron chi connectivity index (χ2n) is 4.86. The highest BCUT2D eigenvalue weighted by Crippen LogP contribution is 2.23. The molecule has 0 aromatic heterocycles. The molecule has 0 aromatic rings. The predicted octanol–water partition coefficient (Wildman–Crippen LogP) is 0.913. The van der Waals surface area contributed by atoms with Gasteiger partial charge in [-0.3, -0.25) is 4.79 Å². The van der Waals surface area contributed by atoms with Gasteiger partial charge in [0, 0.05) is 13.1 Å². The quantitative estimate of drug-likeness (QED) is 0.786. The van der Waals surface area contributed by atoms with Crippen molar-refractivity contribution in [3.63, 3.8) is 0 Å². The molecule has 0 spiro atoms. The molecule has 1 aliphatic rings. The van der Waals surface area contributed by atoms with Crippen LogP contribution in [0.1, 0.15) is 33.1 Å². The van der Waals surface area contributed by atoms with Gasteiger partial charge < -0.3 is 5.11 Å². The van der Waals surface area contributed by atoms with E-state index < -0.39 is 21.4 Å². The van der Waals surface area contributed by atoms with Crippen LogP contribution in [0.2, 0.25) is 0 Å². The van der Waals surface area contributed by atoms with Crippen LogP contribution in [0.3, 0.4) is 0 Å². The van der Waals surface area contributed by atoms with Crippen molar-refractivity contribution < 1.29 is 18.3 Å². The van der Waals surface area contributed by atoms with Crippen molar-refractivity contribution in [2.45, 2.75) is 33.1 Å². The fraction of sp³-hybridized carbons (Fsp3) is 0.900. The predicted molar refractivity (Wildman–Crippen MR) is 60.6 cm³/mol. The van der Waals surface area contributed by atoms with Crippen LogP contribution in [-0.2, 0) is 14.8 Å². The van der Waals surface area contributed by atoms with E-state index in [-0.39, 0.29) is 5.75 Å². The summed E-state index contributed by atoms with van der Waals surface area (Å²) in [5, 5.41) is 8.90. The summed E-state index contributed by atoms with van der Waals surface area (Å²) >= 11 is 0. The summed E-state index contributed by atoms with van der Waals surface area (Å²) in [7, 11) is -3.04. The zero-order valence-electron chi connectivity index (χ0n) is 9.77. The smallest absolute Gasteiger partial charge is 0.309 e. The van der Waals surface area contributed by atoms with Crippen LogP contribution in [0.5, 0.6) is 0 Å². The van der Waals surface area contributed by atoms with Gasteiger partial charge in [-0.2, -0.15) is 0 Å². The number of sulfonamides is 1. The minimum absolute atomic E-state index is 0.231. The number of hydrogen-bond acceptors (Lipinski definition) is 3. The number of hydrogen-bond donors (Lipinski definition) is 1. The Morgan fingerprint density at radius 2 is 2.06 bits per heavy atom. The van der Waals surface area contributed by atoms with Gasteiger partial charge in [-0.1, -0.05) is 0 Å². The van der Waals surface area contributed by atoms with Gasteiger partial charge in [-0.15, -0.1) is 0 Å². The molecule has 0 bridgehead atoms. The molecule has 0 aromatic carbocycles. The summed E-state index contributed by atoms with van der Waals surface area (Å²) in [4.78, 5) is 10.8. The van der Waals surface area contributed by atoms with Gasteiger partial charge in [0.1, 0.15) is 0 Å². The Kier molecular flexibility index (Phi) is 3.96. The standard InChI is InChI=1S/C10H19NO4S/c1-10(2,9(12)13)5-3-6-11-7-4-8-16(11,14)15/h3-8H2,1-2H3,(H,12,13). The molecule has 0 radical (unpaired) electrons. The molecule has 1 fully saturated rings. The lowest BCUT2D eigenvalue weighted by Crippen LogP contribution is -2.29. The van der Waals surface area contributed by atoms with Crippen molar-refractivity contribution >= 4 is 16.0 Å². The van der Waals surface area contributed by atoms with E-state index in [0.29, 0.717) is 32.4 Å². The Balaban J connectivity index is 2.39. The second kappa shape index (κ2) is 4.71. The van der Waals surface area contributed by atoms with Crippen LogP contribution in [0.4, 0.5) is 0 Å². The molecule has 1 aliphatic heterocycles. The van der Waals surface area contributed by atoms with Crippen LogP contribution in [0, 0.1) is 5.41 Å². The van der Waals surface area contributed by atoms with Crippen LogP contribution in [-0.4, -0.2) is 42.6 Å². The Morgan fingerprint density at radius 3 is 2.50 bits per heavy atom. The SMILES string of the molecule is CC(C)(CCCN1CCCS1(=O)=O)C(=O)O. The molecular formula is C10H19NO4S. The van der Waals surface area contributed by atoms with E-state index in [0.717, 1.165) is 0 Å². The van der Waals surface area contributed by atoms with E-state index in [1.807, 2.05) is 0 Å². The lowest BCUT2D eigenvalue weighted by Gasteiger charge is -2.20. The number of carboxylic acid groups (broad SMARTS) is 1. The minimum atomic E-state index is -3.04. The van der Waals surface area contributed by atoms with Gasteiger partial charge in [-0.05, 0) is 33.1 Å². The molecule has 0 aliphatic carbocycles.